The number of carbonyl (C=O) groups excluding carboxylic acids is 1. The average Bonchev–Trinajstić information content (AvgIpc) is 2.40. The summed E-state index contributed by atoms with van der Waals surface area (Å²) in [5, 5.41) is 13.4. The van der Waals surface area contributed by atoms with Gasteiger partial charge in [-0.2, -0.15) is 0 Å². The van der Waals surface area contributed by atoms with Crippen LogP contribution in [0.5, 0.6) is 0 Å². The predicted molar refractivity (Wildman–Crippen MR) is 70.3 cm³/mol. The predicted octanol–water partition coefficient (Wildman–Crippen LogP) is 3.03. The molecule has 0 aliphatic rings. The quantitative estimate of drug-likeness (QED) is 0.696. The zero-order valence-corrected chi connectivity index (χ0v) is 10.6. The van der Waals surface area contributed by atoms with Crippen molar-refractivity contribution in [2.45, 2.75) is 0 Å². The van der Waals surface area contributed by atoms with Crippen molar-refractivity contribution in [3.8, 4) is 0 Å². The molecule has 0 radical (unpaired) electrons. The Balaban J connectivity index is 2.37. The number of halogens is 2. The van der Waals surface area contributed by atoms with E-state index in [9.17, 15) is 19.3 Å². The molecule has 0 bridgehead atoms. The number of hydrogen-bond acceptors (Lipinski definition) is 4. The number of pyridine rings is 1. The number of hydrogen-bond donors (Lipinski definition) is 1. The van der Waals surface area contributed by atoms with Gasteiger partial charge in [-0.05, 0) is 18.2 Å². The van der Waals surface area contributed by atoms with E-state index in [4.69, 9.17) is 11.6 Å². The Morgan fingerprint density at radius 1 is 1.40 bits per heavy atom. The lowest BCUT2D eigenvalue weighted by Crippen LogP contribution is -2.14. The van der Waals surface area contributed by atoms with Gasteiger partial charge in [0.25, 0.3) is 11.6 Å². The Hall–Kier alpha value is -2.54. The van der Waals surface area contributed by atoms with Gasteiger partial charge in [-0.1, -0.05) is 11.6 Å². The molecule has 0 unspecified atom stereocenters. The van der Waals surface area contributed by atoms with Crippen LogP contribution in [-0.4, -0.2) is 15.8 Å². The molecule has 0 atom stereocenters. The number of aromatic nitrogens is 1. The third-order valence-electron chi connectivity index (χ3n) is 2.42. The third kappa shape index (κ3) is 2.89. The maximum absolute atomic E-state index is 13.1. The number of nitro benzene ring substituents is 1. The summed E-state index contributed by atoms with van der Waals surface area (Å²) in [6.45, 7) is 0. The standard InChI is InChI=1S/C12H7ClFN3O3/c13-9-3-4-15-6-10(9)16-12(18)8-5-7(14)1-2-11(8)17(19)20/h1-6H,(H,16,18). The average molecular weight is 296 g/mol. The molecule has 1 heterocycles. The van der Waals surface area contributed by atoms with Crippen LogP contribution in [0.15, 0.2) is 36.7 Å². The van der Waals surface area contributed by atoms with E-state index in [1.807, 2.05) is 0 Å². The lowest BCUT2D eigenvalue weighted by atomic mass is 10.1. The Labute approximate surface area is 117 Å². The van der Waals surface area contributed by atoms with Crippen LogP contribution >= 0.6 is 11.6 Å². The van der Waals surface area contributed by atoms with Gasteiger partial charge in [-0.25, -0.2) is 4.39 Å². The van der Waals surface area contributed by atoms with Crippen molar-refractivity contribution in [2.24, 2.45) is 0 Å². The molecule has 0 aliphatic heterocycles. The molecule has 0 aliphatic carbocycles. The number of benzene rings is 1. The van der Waals surface area contributed by atoms with Crippen LogP contribution in [0, 0.1) is 15.9 Å². The zero-order chi connectivity index (χ0) is 14.7. The number of nitrogens with zero attached hydrogens (tertiary/aromatic N) is 2. The summed E-state index contributed by atoms with van der Waals surface area (Å²) in [4.78, 5) is 25.8. The van der Waals surface area contributed by atoms with Crippen LogP contribution in [0.2, 0.25) is 5.02 Å². The molecule has 0 spiro atoms. The second kappa shape index (κ2) is 5.62. The summed E-state index contributed by atoms with van der Waals surface area (Å²) in [5.74, 6) is -1.59. The number of nitrogens with one attached hydrogen (secondary N) is 1. The fourth-order valence-corrected chi connectivity index (χ4v) is 1.66. The number of rotatable bonds is 3. The van der Waals surface area contributed by atoms with Gasteiger partial charge in [-0.3, -0.25) is 19.9 Å². The van der Waals surface area contributed by atoms with Crippen molar-refractivity contribution >= 4 is 28.9 Å². The molecule has 1 amide bonds. The molecule has 0 fully saturated rings. The lowest BCUT2D eigenvalue weighted by Gasteiger charge is -2.07. The van der Waals surface area contributed by atoms with Crippen LogP contribution in [0.4, 0.5) is 15.8 Å². The van der Waals surface area contributed by atoms with E-state index in [-0.39, 0.29) is 10.7 Å². The summed E-state index contributed by atoms with van der Waals surface area (Å²) in [6, 6.07) is 4.07. The summed E-state index contributed by atoms with van der Waals surface area (Å²) in [5.41, 5.74) is -0.712. The topological polar surface area (TPSA) is 85.1 Å². The van der Waals surface area contributed by atoms with Crippen molar-refractivity contribution in [2.75, 3.05) is 5.32 Å². The summed E-state index contributed by atoms with van der Waals surface area (Å²) >= 11 is 5.83. The minimum atomic E-state index is -0.842. The van der Waals surface area contributed by atoms with Crippen LogP contribution in [0.1, 0.15) is 10.4 Å². The molecular weight excluding hydrogens is 289 g/mol. The number of anilines is 1. The molecule has 2 rings (SSSR count). The van der Waals surface area contributed by atoms with Crippen LogP contribution < -0.4 is 5.32 Å². The first-order valence-electron chi connectivity index (χ1n) is 5.34. The summed E-state index contributed by atoms with van der Waals surface area (Å²) < 4.78 is 13.1. The maximum atomic E-state index is 13.1. The van der Waals surface area contributed by atoms with Gasteiger partial charge in [0.2, 0.25) is 0 Å². The molecule has 20 heavy (non-hydrogen) atoms. The Kier molecular flexibility index (Phi) is 3.90. The largest absolute Gasteiger partial charge is 0.319 e. The van der Waals surface area contributed by atoms with Crippen molar-refractivity contribution in [3.63, 3.8) is 0 Å². The normalized spacial score (nSPS) is 10.1. The first-order valence-corrected chi connectivity index (χ1v) is 5.71. The SMILES string of the molecule is O=C(Nc1cnccc1Cl)c1cc(F)ccc1[N+](=O)[O-]. The number of carbonyl (C=O) groups is 1. The second-order valence-corrected chi connectivity index (χ2v) is 4.14. The molecule has 0 saturated carbocycles. The smallest absolute Gasteiger partial charge is 0.282 e. The fourth-order valence-electron chi connectivity index (χ4n) is 1.51. The van der Waals surface area contributed by atoms with Gasteiger partial charge in [0.1, 0.15) is 11.4 Å². The first kappa shape index (κ1) is 13.9. The highest BCUT2D eigenvalue weighted by Crippen LogP contribution is 2.23. The minimum Gasteiger partial charge on any atom is -0.319 e. The van der Waals surface area contributed by atoms with Crippen molar-refractivity contribution in [3.05, 3.63) is 63.2 Å². The van der Waals surface area contributed by atoms with Gasteiger partial charge in [0.15, 0.2) is 0 Å². The lowest BCUT2D eigenvalue weighted by molar-refractivity contribution is -0.385. The van der Waals surface area contributed by atoms with E-state index in [1.54, 1.807) is 0 Å². The molecule has 0 saturated heterocycles. The van der Waals surface area contributed by atoms with Gasteiger partial charge < -0.3 is 5.32 Å². The van der Waals surface area contributed by atoms with Crippen LogP contribution in [0.3, 0.4) is 0 Å². The minimum absolute atomic E-state index is 0.178. The number of amides is 1. The van der Waals surface area contributed by atoms with E-state index in [0.29, 0.717) is 0 Å². The molecule has 1 aromatic carbocycles. The third-order valence-corrected chi connectivity index (χ3v) is 2.75. The highest BCUT2D eigenvalue weighted by Gasteiger charge is 2.21. The van der Waals surface area contributed by atoms with Crippen molar-refractivity contribution in [1.82, 2.24) is 4.98 Å². The van der Waals surface area contributed by atoms with Crippen LogP contribution in [-0.2, 0) is 0 Å². The summed E-state index contributed by atoms with van der Waals surface area (Å²) in [7, 11) is 0. The molecule has 1 aromatic heterocycles. The Bertz CT molecular complexity index is 693. The zero-order valence-electron chi connectivity index (χ0n) is 9.84. The van der Waals surface area contributed by atoms with E-state index in [2.05, 4.69) is 10.3 Å². The fraction of sp³-hybridized carbons (Fsp3) is 0. The Morgan fingerprint density at radius 3 is 2.80 bits per heavy atom. The highest BCUT2D eigenvalue weighted by atomic mass is 35.5. The van der Waals surface area contributed by atoms with Crippen LogP contribution in [0.25, 0.3) is 0 Å². The molecule has 1 N–H and O–H groups in total. The van der Waals surface area contributed by atoms with Crippen molar-refractivity contribution in [1.29, 1.82) is 0 Å². The van der Waals surface area contributed by atoms with E-state index in [1.165, 1.54) is 18.5 Å². The van der Waals surface area contributed by atoms with E-state index >= 15 is 0 Å². The van der Waals surface area contributed by atoms with Gasteiger partial charge >= 0.3 is 0 Å². The molecule has 2 aromatic rings. The van der Waals surface area contributed by atoms with E-state index in [0.717, 1.165) is 18.2 Å². The molecule has 6 nitrogen and oxygen atoms in total. The first-order chi connectivity index (χ1) is 9.49. The molecular formula is C12H7ClFN3O3. The van der Waals surface area contributed by atoms with Gasteiger partial charge in [0, 0.05) is 12.3 Å². The number of nitro groups is 1. The Morgan fingerprint density at radius 2 is 2.15 bits per heavy atom. The van der Waals surface area contributed by atoms with Gasteiger partial charge in [0.05, 0.1) is 21.8 Å². The van der Waals surface area contributed by atoms with Crippen molar-refractivity contribution < 1.29 is 14.1 Å². The second-order valence-electron chi connectivity index (χ2n) is 3.73. The molecule has 8 heteroatoms. The molecule has 102 valence electrons. The summed E-state index contributed by atoms with van der Waals surface area (Å²) in [6.07, 6.45) is 2.70. The highest BCUT2D eigenvalue weighted by molar-refractivity contribution is 6.33. The van der Waals surface area contributed by atoms with Gasteiger partial charge in [-0.15, -0.1) is 0 Å². The monoisotopic (exact) mass is 295 g/mol. The maximum Gasteiger partial charge on any atom is 0.282 e. The van der Waals surface area contributed by atoms with E-state index < -0.39 is 27.9 Å².